The van der Waals surface area contributed by atoms with Crippen molar-refractivity contribution in [2.45, 2.75) is 126 Å². The highest BCUT2D eigenvalue weighted by Gasteiger charge is 2.61. The van der Waals surface area contributed by atoms with E-state index in [1.165, 1.54) is 64.6 Å². The lowest BCUT2D eigenvalue weighted by molar-refractivity contribution is -0.153. The molecule has 1 aromatic rings. The Balaban J connectivity index is 1.27. The lowest BCUT2D eigenvalue weighted by Crippen LogP contribution is -2.55. The third-order valence-corrected chi connectivity index (χ3v) is 14.0. The number of rotatable bonds is 10. The molecule has 4 aliphatic rings. The van der Waals surface area contributed by atoms with Gasteiger partial charge in [0.15, 0.2) is 11.5 Å². The SMILES string of the molecule is CC[C@H](CC[C@@H](C)[C@H]1CC[C@H]2[C@@H]3CC=C4C(C)(C)[C@@H](OC(=O)C=Cc5ccc(O)c(OC)c5)CC[C@]4(C)[C@H]3CC[C@]12C)C(C)C. The van der Waals surface area contributed by atoms with Crippen LogP contribution in [0, 0.1) is 57.7 Å². The maximum Gasteiger partial charge on any atom is 0.331 e. The molecule has 0 aromatic heterocycles. The van der Waals surface area contributed by atoms with Crippen LogP contribution in [0.1, 0.15) is 125 Å². The molecule has 3 fully saturated rings. The second-order valence-electron chi connectivity index (χ2n) is 16.8. The standard InChI is InChI=1S/C41H62O4/c1-10-29(26(2)3)14-11-27(4)31-16-17-32-30-15-19-36-39(5,6)37(22-24-41(36,8)33(30)21-23-40(31,32)7)45-38(43)20-13-28-12-18-34(42)35(25-28)44-9/h12-13,18-20,25-27,29-33,37,42H,10-11,14-17,21-24H2,1-9H3/t27-,29-,30+,31-,32+,33+,37+,40-,41-/m1/s1. The van der Waals surface area contributed by atoms with Crippen molar-refractivity contribution in [3.05, 3.63) is 41.5 Å². The molecule has 0 amide bonds. The zero-order valence-corrected chi connectivity index (χ0v) is 29.8. The summed E-state index contributed by atoms with van der Waals surface area (Å²) in [6.07, 6.45) is 18.6. The van der Waals surface area contributed by atoms with Gasteiger partial charge in [-0.3, -0.25) is 0 Å². The van der Waals surface area contributed by atoms with Crippen molar-refractivity contribution >= 4 is 12.0 Å². The molecule has 0 radical (unpaired) electrons. The second kappa shape index (κ2) is 13.1. The lowest BCUT2D eigenvalue weighted by atomic mass is 9.44. The van der Waals surface area contributed by atoms with Gasteiger partial charge >= 0.3 is 5.97 Å². The number of aromatic hydroxyl groups is 1. The smallest absolute Gasteiger partial charge is 0.331 e. The van der Waals surface area contributed by atoms with E-state index in [-0.39, 0.29) is 28.7 Å². The maximum atomic E-state index is 13.0. The van der Waals surface area contributed by atoms with E-state index >= 15 is 0 Å². The summed E-state index contributed by atoms with van der Waals surface area (Å²) in [4.78, 5) is 13.0. The van der Waals surface area contributed by atoms with Crippen molar-refractivity contribution in [2.24, 2.45) is 57.7 Å². The average molecular weight is 619 g/mol. The van der Waals surface area contributed by atoms with Gasteiger partial charge in [0, 0.05) is 11.5 Å². The van der Waals surface area contributed by atoms with Crippen LogP contribution in [0.4, 0.5) is 0 Å². The van der Waals surface area contributed by atoms with Gasteiger partial charge in [0.25, 0.3) is 0 Å². The number of hydrogen-bond acceptors (Lipinski definition) is 4. The highest BCUT2D eigenvalue weighted by molar-refractivity contribution is 5.87. The number of esters is 1. The highest BCUT2D eigenvalue weighted by atomic mass is 16.5. The van der Waals surface area contributed by atoms with Crippen LogP contribution in [0.25, 0.3) is 6.08 Å². The molecule has 250 valence electrons. The molecule has 0 heterocycles. The number of phenolic OH excluding ortho intramolecular Hbond substituents is 1. The largest absolute Gasteiger partial charge is 0.504 e. The molecular weight excluding hydrogens is 556 g/mol. The monoisotopic (exact) mass is 618 g/mol. The molecule has 9 atom stereocenters. The molecule has 0 bridgehead atoms. The Morgan fingerprint density at radius 3 is 2.47 bits per heavy atom. The Morgan fingerprint density at radius 1 is 1.02 bits per heavy atom. The van der Waals surface area contributed by atoms with E-state index in [2.05, 4.69) is 61.5 Å². The van der Waals surface area contributed by atoms with Gasteiger partial charge in [-0.2, -0.15) is 0 Å². The molecule has 4 heteroatoms. The molecule has 0 aliphatic heterocycles. The Kier molecular flexibility index (Phi) is 9.94. The van der Waals surface area contributed by atoms with E-state index in [0.717, 1.165) is 59.8 Å². The summed E-state index contributed by atoms with van der Waals surface area (Å²) in [7, 11) is 1.52. The molecule has 45 heavy (non-hydrogen) atoms. The first-order chi connectivity index (χ1) is 21.3. The summed E-state index contributed by atoms with van der Waals surface area (Å²) in [6.45, 7) is 19.6. The van der Waals surface area contributed by atoms with Crippen LogP contribution in [-0.4, -0.2) is 24.3 Å². The molecule has 3 saturated carbocycles. The van der Waals surface area contributed by atoms with Gasteiger partial charge in [-0.25, -0.2) is 4.79 Å². The average Bonchev–Trinajstić information content (AvgIpc) is 3.35. The third-order valence-electron chi connectivity index (χ3n) is 14.0. The topological polar surface area (TPSA) is 55.8 Å². The Morgan fingerprint density at radius 2 is 1.78 bits per heavy atom. The number of phenols is 1. The van der Waals surface area contributed by atoms with Crippen molar-refractivity contribution in [1.82, 2.24) is 0 Å². The molecule has 4 nitrogen and oxygen atoms in total. The number of carbonyl (C=O) groups excluding carboxylic acids is 1. The van der Waals surface area contributed by atoms with Crippen LogP contribution in [0.15, 0.2) is 35.9 Å². The van der Waals surface area contributed by atoms with Gasteiger partial charge < -0.3 is 14.6 Å². The zero-order chi connectivity index (χ0) is 32.7. The van der Waals surface area contributed by atoms with Gasteiger partial charge in [-0.05, 0) is 127 Å². The van der Waals surface area contributed by atoms with E-state index in [0.29, 0.717) is 11.2 Å². The normalized spacial score (nSPS) is 35.2. The fourth-order valence-corrected chi connectivity index (χ4v) is 11.4. The van der Waals surface area contributed by atoms with Crippen molar-refractivity contribution in [3.63, 3.8) is 0 Å². The fraction of sp³-hybridized carbons (Fsp3) is 0.732. The van der Waals surface area contributed by atoms with Crippen molar-refractivity contribution < 1.29 is 19.4 Å². The van der Waals surface area contributed by atoms with Crippen LogP contribution in [0.3, 0.4) is 0 Å². The number of hydrogen-bond donors (Lipinski definition) is 1. The summed E-state index contributed by atoms with van der Waals surface area (Å²) >= 11 is 0. The van der Waals surface area contributed by atoms with Gasteiger partial charge in [0.1, 0.15) is 6.10 Å². The maximum absolute atomic E-state index is 13.0. The van der Waals surface area contributed by atoms with Crippen LogP contribution < -0.4 is 4.74 Å². The Bertz CT molecular complexity index is 1270. The van der Waals surface area contributed by atoms with Crippen molar-refractivity contribution in [2.75, 3.05) is 7.11 Å². The van der Waals surface area contributed by atoms with E-state index < -0.39 is 0 Å². The lowest BCUT2D eigenvalue weighted by Gasteiger charge is -2.61. The molecule has 0 unspecified atom stereocenters. The number of carbonyl (C=O) groups is 1. The minimum Gasteiger partial charge on any atom is -0.504 e. The predicted octanol–water partition coefficient (Wildman–Crippen LogP) is 10.6. The molecule has 1 aromatic carbocycles. The van der Waals surface area contributed by atoms with Gasteiger partial charge in [0.2, 0.25) is 0 Å². The van der Waals surface area contributed by atoms with E-state index in [1.54, 1.807) is 29.8 Å². The van der Waals surface area contributed by atoms with Crippen molar-refractivity contribution in [1.29, 1.82) is 0 Å². The number of fused-ring (bicyclic) bond motifs is 5. The quantitative estimate of drug-likeness (QED) is 0.161. The molecule has 0 saturated heterocycles. The fourth-order valence-electron chi connectivity index (χ4n) is 11.4. The number of methoxy groups -OCH3 is 1. The number of benzene rings is 1. The van der Waals surface area contributed by atoms with E-state index in [4.69, 9.17) is 9.47 Å². The molecule has 5 rings (SSSR count). The molecule has 4 aliphatic carbocycles. The Hall–Kier alpha value is -2.23. The van der Waals surface area contributed by atoms with Crippen LogP contribution >= 0.6 is 0 Å². The van der Waals surface area contributed by atoms with Gasteiger partial charge in [-0.15, -0.1) is 0 Å². The first kappa shape index (κ1) is 34.1. The van der Waals surface area contributed by atoms with Gasteiger partial charge in [-0.1, -0.05) is 85.9 Å². The zero-order valence-electron chi connectivity index (χ0n) is 29.8. The molecule has 0 spiro atoms. The minimum atomic E-state index is -0.309. The van der Waals surface area contributed by atoms with Crippen LogP contribution in [0.2, 0.25) is 0 Å². The summed E-state index contributed by atoms with van der Waals surface area (Å²) < 4.78 is 11.4. The van der Waals surface area contributed by atoms with Gasteiger partial charge in [0.05, 0.1) is 7.11 Å². The minimum absolute atomic E-state index is 0.0827. The Labute approximate surface area is 274 Å². The second-order valence-corrected chi connectivity index (χ2v) is 16.8. The van der Waals surface area contributed by atoms with Crippen molar-refractivity contribution in [3.8, 4) is 11.5 Å². The summed E-state index contributed by atoms with van der Waals surface area (Å²) in [5.74, 6) is 5.87. The first-order valence-electron chi connectivity index (χ1n) is 18.2. The van der Waals surface area contributed by atoms with Crippen LogP contribution in [0.5, 0.6) is 11.5 Å². The predicted molar refractivity (Wildman–Crippen MR) is 185 cm³/mol. The molecule has 1 N–H and O–H groups in total. The number of allylic oxidation sites excluding steroid dienone is 1. The summed E-state index contributed by atoms with van der Waals surface area (Å²) in [6, 6.07) is 5.06. The highest BCUT2D eigenvalue weighted by Crippen LogP contribution is 2.69. The first-order valence-corrected chi connectivity index (χ1v) is 18.2. The van der Waals surface area contributed by atoms with E-state index in [1.807, 2.05) is 0 Å². The third kappa shape index (κ3) is 6.26. The van der Waals surface area contributed by atoms with Crippen LogP contribution in [-0.2, 0) is 9.53 Å². The molecular formula is C41H62O4. The summed E-state index contributed by atoms with van der Waals surface area (Å²) in [5.41, 5.74) is 2.80. The number of ether oxygens (including phenoxy) is 2. The van der Waals surface area contributed by atoms with E-state index in [9.17, 15) is 9.90 Å². The summed E-state index contributed by atoms with van der Waals surface area (Å²) in [5, 5.41) is 9.88.